The van der Waals surface area contributed by atoms with Crippen LogP contribution in [0.4, 0.5) is 8.78 Å². The molecule has 0 aliphatic rings. The van der Waals surface area contributed by atoms with Crippen LogP contribution in [0.5, 0.6) is 0 Å². The van der Waals surface area contributed by atoms with Gasteiger partial charge in [-0.1, -0.05) is 31.5 Å². The van der Waals surface area contributed by atoms with Gasteiger partial charge in [-0.05, 0) is 41.5 Å². The highest BCUT2D eigenvalue weighted by Crippen LogP contribution is 2.29. The van der Waals surface area contributed by atoms with Crippen molar-refractivity contribution in [1.29, 1.82) is 0 Å². The van der Waals surface area contributed by atoms with E-state index in [1.165, 1.54) is 18.2 Å². The third-order valence-corrected chi connectivity index (χ3v) is 3.22. The third kappa shape index (κ3) is 3.56. The maximum Gasteiger partial charge on any atom is 0.132 e. The van der Waals surface area contributed by atoms with Gasteiger partial charge in [-0.3, -0.25) is 0 Å². The molecule has 1 nitrogen and oxygen atoms in total. The average Bonchev–Trinajstić information content (AvgIpc) is 2.37. The van der Waals surface area contributed by atoms with Crippen LogP contribution < -0.4 is 5.32 Å². The molecular formula is C16H16ClF2N. The first-order valence-electron chi connectivity index (χ1n) is 6.44. The first-order chi connectivity index (χ1) is 9.47. The monoisotopic (exact) mass is 295 g/mol. The van der Waals surface area contributed by atoms with Crippen molar-refractivity contribution in [2.45, 2.75) is 26.4 Å². The zero-order valence-corrected chi connectivity index (χ0v) is 12.1. The number of rotatable bonds is 4. The van der Waals surface area contributed by atoms with Gasteiger partial charge in [0.25, 0.3) is 0 Å². The van der Waals surface area contributed by atoms with Crippen LogP contribution in [0.25, 0.3) is 11.1 Å². The van der Waals surface area contributed by atoms with Gasteiger partial charge in [0.1, 0.15) is 11.6 Å². The second kappa shape index (κ2) is 6.33. The summed E-state index contributed by atoms with van der Waals surface area (Å²) in [6.07, 6.45) is 0. The van der Waals surface area contributed by atoms with Crippen LogP contribution in [0.15, 0.2) is 36.4 Å². The van der Waals surface area contributed by atoms with Crippen LogP contribution in [0.1, 0.15) is 19.4 Å². The highest BCUT2D eigenvalue weighted by atomic mass is 35.5. The fraction of sp³-hybridized carbons (Fsp3) is 0.250. The predicted molar refractivity (Wildman–Crippen MR) is 78.8 cm³/mol. The minimum Gasteiger partial charge on any atom is -0.310 e. The molecular weight excluding hydrogens is 280 g/mol. The predicted octanol–water partition coefficient (Wildman–Crippen LogP) is 4.78. The Hall–Kier alpha value is -1.45. The van der Waals surface area contributed by atoms with Crippen LogP contribution >= 0.6 is 11.6 Å². The minimum atomic E-state index is -0.407. The molecule has 0 radical (unpaired) electrons. The molecule has 0 spiro atoms. The number of hydrogen-bond donors (Lipinski definition) is 1. The van der Waals surface area contributed by atoms with Gasteiger partial charge < -0.3 is 5.32 Å². The van der Waals surface area contributed by atoms with Crippen molar-refractivity contribution < 1.29 is 8.78 Å². The Balaban J connectivity index is 2.44. The maximum atomic E-state index is 14.0. The van der Waals surface area contributed by atoms with E-state index in [0.29, 0.717) is 22.7 Å². The maximum absolute atomic E-state index is 14.0. The van der Waals surface area contributed by atoms with E-state index < -0.39 is 5.82 Å². The Labute approximate surface area is 122 Å². The number of halogens is 3. The van der Waals surface area contributed by atoms with Crippen molar-refractivity contribution in [2.24, 2.45) is 0 Å². The standard InChI is InChI=1S/C16H16ClF2N/c1-10(2)20-9-11-7-13(18)4-6-14(11)15-5-3-12(17)8-16(15)19/h3-8,10,20H,9H2,1-2H3. The summed E-state index contributed by atoms with van der Waals surface area (Å²) in [4.78, 5) is 0. The molecule has 0 heterocycles. The van der Waals surface area contributed by atoms with Crippen LogP contribution in [-0.2, 0) is 6.54 Å². The molecule has 0 fully saturated rings. The van der Waals surface area contributed by atoms with Gasteiger partial charge in [-0.2, -0.15) is 0 Å². The SMILES string of the molecule is CC(C)NCc1cc(F)ccc1-c1ccc(Cl)cc1F. The highest BCUT2D eigenvalue weighted by molar-refractivity contribution is 6.30. The molecule has 0 aliphatic heterocycles. The topological polar surface area (TPSA) is 12.0 Å². The summed E-state index contributed by atoms with van der Waals surface area (Å²) < 4.78 is 27.4. The molecule has 0 saturated heterocycles. The molecule has 4 heteroatoms. The summed E-state index contributed by atoms with van der Waals surface area (Å²) in [5.41, 5.74) is 1.82. The quantitative estimate of drug-likeness (QED) is 0.855. The lowest BCUT2D eigenvalue weighted by Gasteiger charge is -2.14. The molecule has 1 N–H and O–H groups in total. The van der Waals surface area contributed by atoms with Crippen molar-refractivity contribution >= 4 is 11.6 Å². The molecule has 20 heavy (non-hydrogen) atoms. The summed E-state index contributed by atoms with van der Waals surface area (Å²) in [6.45, 7) is 4.48. The summed E-state index contributed by atoms with van der Waals surface area (Å²) in [7, 11) is 0. The Morgan fingerprint density at radius 1 is 1.05 bits per heavy atom. The van der Waals surface area contributed by atoms with E-state index in [1.54, 1.807) is 18.2 Å². The van der Waals surface area contributed by atoms with E-state index in [0.717, 1.165) is 5.56 Å². The number of nitrogens with one attached hydrogen (secondary N) is 1. The molecule has 0 amide bonds. The van der Waals surface area contributed by atoms with Gasteiger partial charge in [0.2, 0.25) is 0 Å². The number of hydrogen-bond acceptors (Lipinski definition) is 1. The first-order valence-corrected chi connectivity index (χ1v) is 6.82. The van der Waals surface area contributed by atoms with Gasteiger partial charge >= 0.3 is 0 Å². The Bertz CT molecular complexity index is 611. The fourth-order valence-electron chi connectivity index (χ4n) is 1.99. The van der Waals surface area contributed by atoms with Crippen molar-refractivity contribution in [3.63, 3.8) is 0 Å². The van der Waals surface area contributed by atoms with Crippen molar-refractivity contribution in [3.05, 3.63) is 58.6 Å². The van der Waals surface area contributed by atoms with Gasteiger partial charge in [-0.25, -0.2) is 8.78 Å². The Morgan fingerprint density at radius 3 is 2.40 bits per heavy atom. The van der Waals surface area contributed by atoms with E-state index in [-0.39, 0.29) is 11.9 Å². The minimum absolute atomic E-state index is 0.265. The lowest BCUT2D eigenvalue weighted by molar-refractivity contribution is 0.581. The largest absolute Gasteiger partial charge is 0.310 e. The van der Waals surface area contributed by atoms with E-state index in [9.17, 15) is 8.78 Å². The van der Waals surface area contributed by atoms with Crippen LogP contribution in [0.3, 0.4) is 0 Å². The summed E-state index contributed by atoms with van der Waals surface area (Å²) in [5.74, 6) is -0.737. The lowest BCUT2D eigenvalue weighted by Crippen LogP contribution is -2.22. The van der Waals surface area contributed by atoms with E-state index in [2.05, 4.69) is 5.32 Å². The van der Waals surface area contributed by atoms with Gasteiger partial charge in [0, 0.05) is 23.2 Å². The van der Waals surface area contributed by atoms with E-state index in [4.69, 9.17) is 11.6 Å². The second-order valence-corrected chi connectivity index (χ2v) is 5.40. The third-order valence-electron chi connectivity index (χ3n) is 2.99. The lowest BCUT2D eigenvalue weighted by atomic mass is 9.99. The van der Waals surface area contributed by atoms with E-state index >= 15 is 0 Å². The molecule has 2 aromatic rings. The average molecular weight is 296 g/mol. The summed E-state index contributed by atoms with van der Waals surface area (Å²) in [5, 5.41) is 3.56. The van der Waals surface area contributed by atoms with Crippen molar-refractivity contribution in [3.8, 4) is 11.1 Å². The Morgan fingerprint density at radius 2 is 1.75 bits per heavy atom. The molecule has 2 aromatic carbocycles. The fourth-order valence-corrected chi connectivity index (χ4v) is 2.15. The summed E-state index contributed by atoms with van der Waals surface area (Å²) in [6, 6.07) is 9.13. The molecule has 0 unspecified atom stereocenters. The van der Waals surface area contributed by atoms with Gasteiger partial charge in [-0.15, -0.1) is 0 Å². The molecule has 0 atom stereocenters. The highest BCUT2D eigenvalue weighted by Gasteiger charge is 2.11. The molecule has 0 bridgehead atoms. The molecule has 0 aromatic heterocycles. The van der Waals surface area contributed by atoms with Crippen molar-refractivity contribution in [2.75, 3.05) is 0 Å². The van der Waals surface area contributed by atoms with E-state index in [1.807, 2.05) is 13.8 Å². The van der Waals surface area contributed by atoms with Crippen LogP contribution in [0, 0.1) is 11.6 Å². The van der Waals surface area contributed by atoms with Crippen LogP contribution in [0.2, 0.25) is 5.02 Å². The molecule has 2 rings (SSSR count). The molecule has 0 aliphatic carbocycles. The molecule has 106 valence electrons. The van der Waals surface area contributed by atoms with Crippen LogP contribution in [-0.4, -0.2) is 6.04 Å². The summed E-state index contributed by atoms with van der Waals surface area (Å²) >= 11 is 5.76. The van der Waals surface area contributed by atoms with Crippen molar-refractivity contribution in [1.82, 2.24) is 5.32 Å². The van der Waals surface area contributed by atoms with Gasteiger partial charge in [0.15, 0.2) is 0 Å². The first kappa shape index (κ1) is 14.9. The second-order valence-electron chi connectivity index (χ2n) is 4.96. The number of benzene rings is 2. The smallest absolute Gasteiger partial charge is 0.132 e. The zero-order chi connectivity index (χ0) is 14.7. The molecule has 0 saturated carbocycles. The normalized spacial score (nSPS) is 11.1. The van der Waals surface area contributed by atoms with Gasteiger partial charge in [0.05, 0.1) is 0 Å². The Kier molecular flexibility index (Phi) is 4.73. The zero-order valence-electron chi connectivity index (χ0n) is 11.4.